The molecule has 3 nitrogen and oxygen atoms in total. The molecule has 0 amide bonds. The van der Waals surface area contributed by atoms with Gasteiger partial charge in [-0.15, -0.1) is 11.3 Å². The molecule has 0 spiro atoms. The molecule has 0 radical (unpaired) electrons. The predicted molar refractivity (Wildman–Crippen MR) is 87.2 cm³/mol. The summed E-state index contributed by atoms with van der Waals surface area (Å²) in [7, 11) is 0. The van der Waals surface area contributed by atoms with Crippen molar-refractivity contribution in [1.82, 2.24) is 9.55 Å². The van der Waals surface area contributed by atoms with Crippen LogP contribution in [-0.4, -0.2) is 9.55 Å². The molecule has 0 aliphatic heterocycles. The highest BCUT2D eigenvalue weighted by Gasteiger charge is 2.25. The first kappa shape index (κ1) is 13.5. The molecule has 0 N–H and O–H groups in total. The molecule has 2 aromatic heterocycles. The number of aromatic nitrogens is 2. The minimum Gasteiger partial charge on any atom is -0.296 e. The molecule has 0 unspecified atom stereocenters. The molecule has 0 aromatic carbocycles. The van der Waals surface area contributed by atoms with Gasteiger partial charge in [0.25, 0.3) is 5.56 Å². The van der Waals surface area contributed by atoms with E-state index in [4.69, 9.17) is 0 Å². The number of nitrogens with zero attached hydrogens (tertiary/aromatic N) is 2. The fourth-order valence-electron chi connectivity index (χ4n) is 3.96. The maximum atomic E-state index is 13.0. The lowest BCUT2D eigenvalue weighted by Crippen LogP contribution is -2.27. The molecule has 21 heavy (non-hydrogen) atoms. The van der Waals surface area contributed by atoms with Crippen molar-refractivity contribution in [3.8, 4) is 0 Å². The van der Waals surface area contributed by atoms with Crippen LogP contribution >= 0.6 is 11.3 Å². The number of hydrogen-bond acceptors (Lipinski definition) is 3. The molecule has 2 heterocycles. The zero-order chi connectivity index (χ0) is 14.4. The van der Waals surface area contributed by atoms with Gasteiger partial charge in [-0.3, -0.25) is 9.36 Å². The fraction of sp³-hybridized carbons (Fsp3) is 0.647. The van der Waals surface area contributed by atoms with Crippen molar-refractivity contribution in [2.45, 2.75) is 64.3 Å². The fourth-order valence-corrected chi connectivity index (χ4v) is 5.30. The summed E-state index contributed by atoms with van der Waals surface area (Å²) in [6.45, 7) is 2.31. The lowest BCUT2D eigenvalue weighted by molar-refractivity contribution is 0.345. The summed E-state index contributed by atoms with van der Waals surface area (Å²) in [5.74, 6) is 0.742. The van der Waals surface area contributed by atoms with E-state index >= 15 is 0 Å². The number of aryl methyl sites for hydroxylation is 1. The van der Waals surface area contributed by atoms with Crippen LogP contribution in [0.2, 0.25) is 0 Å². The van der Waals surface area contributed by atoms with Crippen LogP contribution in [0.15, 0.2) is 11.1 Å². The minimum absolute atomic E-state index is 0.221. The smallest absolute Gasteiger partial charge is 0.262 e. The number of thiophene rings is 1. The van der Waals surface area contributed by atoms with E-state index in [1.165, 1.54) is 36.1 Å². The van der Waals surface area contributed by atoms with Gasteiger partial charge in [-0.2, -0.15) is 0 Å². The lowest BCUT2D eigenvalue weighted by atomic mass is 9.89. The normalized spacial score (nSPS) is 23.4. The number of rotatable bonds is 1. The Morgan fingerprint density at radius 3 is 2.86 bits per heavy atom. The zero-order valence-corrected chi connectivity index (χ0v) is 13.4. The van der Waals surface area contributed by atoms with Crippen LogP contribution in [0.5, 0.6) is 0 Å². The van der Waals surface area contributed by atoms with E-state index in [1.807, 2.05) is 10.9 Å². The van der Waals surface area contributed by atoms with Crippen LogP contribution in [-0.2, 0) is 12.8 Å². The van der Waals surface area contributed by atoms with E-state index in [-0.39, 0.29) is 5.56 Å². The molecule has 1 saturated carbocycles. The highest BCUT2D eigenvalue weighted by atomic mass is 32.1. The van der Waals surface area contributed by atoms with Crippen LogP contribution in [0.3, 0.4) is 0 Å². The third-order valence-corrected chi connectivity index (χ3v) is 6.37. The van der Waals surface area contributed by atoms with Crippen molar-refractivity contribution in [2.24, 2.45) is 5.92 Å². The Hall–Kier alpha value is -1.16. The predicted octanol–water partition coefficient (Wildman–Crippen LogP) is 4.09. The molecule has 4 rings (SSSR count). The Bertz CT molecular complexity index is 724. The van der Waals surface area contributed by atoms with Gasteiger partial charge in [0.05, 0.1) is 11.7 Å². The van der Waals surface area contributed by atoms with E-state index in [0.717, 1.165) is 41.8 Å². The van der Waals surface area contributed by atoms with Crippen molar-refractivity contribution in [1.29, 1.82) is 0 Å². The first-order valence-electron chi connectivity index (χ1n) is 8.25. The second-order valence-electron chi connectivity index (χ2n) is 6.78. The molecule has 0 bridgehead atoms. The van der Waals surface area contributed by atoms with Crippen molar-refractivity contribution in [3.05, 3.63) is 27.1 Å². The Labute approximate surface area is 129 Å². The van der Waals surface area contributed by atoms with Crippen molar-refractivity contribution in [2.75, 3.05) is 0 Å². The summed E-state index contributed by atoms with van der Waals surface area (Å²) in [6, 6.07) is 0.376. The molecule has 4 heteroatoms. The van der Waals surface area contributed by atoms with E-state index in [1.54, 1.807) is 11.3 Å². The second-order valence-corrected chi connectivity index (χ2v) is 7.86. The summed E-state index contributed by atoms with van der Waals surface area (Å²) in [5.41, 5.74) is 1.54. The monoisotopic (exact) mass is 302 g/mol. The average molecular weight is 302 g/mol. The Morgan fingerprint density at radius 2 is 2.05 bits per heavy atom. The highest BCUT2D eigenvalue weighted by Crippen LogP contribution is 2.36. The maximum absolute atomic E-state index is 13.0. The Balaban J connectivity index is 1.84. The maximum Gasteiger partial charge on any atom is 0.262 e. The van der Waals surface area contributed by atoms with Gasteiger partial charge in [0, 0.05) is 10.9 Å². The minimum atomic E-state index is 0.221. The third-order valence-electron chi connectivity index (χ3n) is 5.21. The van der Waals surface area contributed by atoms with Gasteiger partial charge in [0.15, 0.2) is 0 Å². The van der Waals surface area contributed by atoms with Crippen LogP contribution in [0.25, 0.3) is 10.2 Å². The standard InChI is InChI=1S/C17H22N2OS/c1-11-7-8-13-14(9-11)21-16-15(13)17(20)19(10-18-16)12-5-3-2-4-6-12/h10-12H,2-9H2,1H3/t11-/m0/s1. The van der Waals surface area contributed by atoms with Crippen LogP contribution in [0.1, 0.15) is 61.9 Å². The van der Waals surface area contributed by atoms with Gasteiger partial charge >= 0.3 is 0 Å². The lowest BCUT2D eigenvalue weighted by Gasteiger charge is -2.23. The quantitative estimate of drug-likeness (QED) is 0.795. The van der Waals surface area contributed by atoms with Gasteiger partial charge in [-0.25, -0.2) is 4.98 Å². The van der Waals surface area contributed by atoms with Crippen LogP contribution < -0.4 is 5.56 Å². The molecule has 2 aliphatic rings. The summed E-state index contributed by atoms with van der Waals surface area (Å²) < 4.78 is 1.94. The summed E-state index contributed by atoms with van der Waals surface area (Å²) in [4.78, 5) is 20.0. The molecule has 112 valence electrons. The van der Waals surface area contributed by atoms with Gasteiger partial charge in [-0.1, -0.05) is 26.2 Å². The van der Waals surface area contributed by atoms with Gasteiger partial charge < -0.3 is 0 Å². The van der Waals surface area contributed by atoms with E-state index in [2.05, 4.69) is 11.9 Å². The molecule has 2 aromatic rings. The zero-order valence-electron chi connectivity index (χ0n) is 12.6. The second kappa shape index (κ2) is 5.24. The number of hydrogen-bond donors (Lipinski definition) is 0. The van der Waals surface area contributed by atoms with Crippen LogP contribution in [0, 0.1) is 5.92 Å². The summed E-state index contributed by atoms with van der Waals surface area (Å²) in [5, 5.41) is 0.940. The Morgan fingerprint density at radius 1 is 1.24 bits per heavy atom. The Kier molecular flexibility index (Phi) is 3.37. The third kappa shape index (κ3) is 2.24. The molecule has 2 aliphatic carbocycles. The van der Waals surface area contributed by atoms with Crippen molar-refractivity contribution < 1.29 is 0 Å². The molecule has 1 atom stereocenters. The largest absolute Gasteiger partial charge is 0.296 e. The van der Waals surface area contributed by atoms with E-state index in [9.17, 15) is 4.79 Å². The summed E-state index contributed by atoms with van der Waals surface area (Å²) in [6.07, 6.45) is 11.3. The SMILES string of the molecule is C[C@H]1CCc2c(sc3ncn(C4CCCCC4)c(=O)c23)C1. The number of fused-ring (bicyclic) bond motifs is 3. The van der Waals surface area contributed by atoms with Gasteiger partial charge in [0.2, 0.25) is 0 Å². The van der Waals surface area contributed by atoms with Gasteiger partial charge in [-0.05, 0) is 43.6 Å². The summed E-state index contributed by atoms with van der Waals surface area (Å²) >= 11 is 1.75. The molecule has 0 saturated heterocycles. The van der Waals surface area contributed by atoms with Crippen LogP contribution in [0.4, 0.5) is 0 Å². The van der Waals surface area contributed by atoms with Crippen molar-refractivity contribution >= 4 is 21.6 Å². The highest BCUT2D eigenvalue weighted by molar-refractivity contribution is 7.18. The first-order valence-corrected chi connectivity index (χ1v) is 9.07. The molecule has 1 fully saturated rings. The van der Waals surface area contributed by atoms with E-state index in [0.29, 0.717) is 6.04 Å². The topological polar surface area (TPSA) is 34.9 Å². The van der Waals surface area contributed by atoms with Crippen molar-refractivity contribution in [3.63, 3.8) is 0 Å². The average Bonchev–Trinajstić information content (AvgIpc) is 2.86. The first-order chi connectivity index (χ1) is 10.2. The van der Waals surface area contributed by atoms with Gasteiger partial charge in [0.1, 0.15) is 4.83 Å². The van der Waals surface area contributed by atoms with E-state index < -0.39 is 0 Å². The molecular formula is C17H22N2OS. The molecular weight excluding hydrogens is 280 g/mol.